The highest BCUT2D eigenvalue weighted by atomic mass is 35.5. The molecule has 0 saturated carbocycles. The van der Waals surface area contributed by atoms with Crippen LogP contribution >= 0.6 is 11.6 Å². The van der Waals surface area contributed by atoms with Crippen LogP contribution in [0.3, 0.4) is 0 Å². The molecule has 0 aliphatic rings. The van der Waals surface area contributed by atoms with Crippen LogP contribution in [0.15, 0.2) is 36.4 Å². The van der Waals surface area contributed by atoms with Crippen molar-refractivity contribution < 1.29 is 14.3 Å². The van der Waals surface area contributed by atoms with Crippen LogP contribution in [0.4, 0.5) is 0 Å². The molecule has 2 amide bonds. The number of carbonyl (C=O) groups is 2. The summed E-state index contributed by atoms with van der Waals surface area (Å²) >= 11 is 6.21. The van der Waals surface area contributed by atoms with Gasteiger partial charge in [0.25, 0.3) is 5.91 Å². The predicted octanol–water partition coefficient (Wildman–Crippen LogP) is 4.59. The number of rotatable bonds is 9. The van der Waals surface area contributed by atoms with E-state index in [1.54, 1.807) is 11.8 Å². The van der Waals surface area contributed by atoms with E-state index in [1.807, 2.05) is 64.1 Å². The molecule has 2 rings (SSSR count). The van der Waals surface area contributed by atoms with E-state index in [4.69, 9.17) is 16.3 Å². The second-order valence-corrected chi connectivity index (χ2v) is 8.01. The lowest BCUT2D eigenvalue weighted by Crippen LogP contribution is -2.49. The Morgan fingerprint density at radius 1 is 1.10 bits per heavy atom. The molecule has 30 heavy (non-hydrogen) atoms. The molecule has 0 aliphatic heterocycles. The number of aryl methyl sites for hydroxylation is 3. The number of hydrogen-bond acceptors (Lipinski definition) is 3. The minimum atomic E-state index is -0.609. The highest BCUT2D eigenvalue weighted by Crippen LogP contribution is 2.26. The summed E-state index contributed by atoms with van der Waals surface area (Å²) in [6.07, 6.45) is 0.836. The van der Waals surface area contributed by atoms with Gasteiger partial charge in [-0.15, -0.1) is 0 Å². The van der Waals surface area contributed by atoms with E-state index in [0.29, 0.717) is 23.9 Å². The molecule has 6 heteroatoms. The molecule has 0 bridgehead atoms. The molecule has 0 radical (unpaired) electrons. The number of nitrogens with zero attached hydrogens (tertiary/aromatic N) is 1. The molecular weight excluding hydrogens is 400 g/mol. The van der Waals surface area contributed by atoms with Crippen molar-refractivity contribution in [3.8, 4) is 5.75 Å². The van der Waals surface area contributed by atoms with E-state index in [-0.39, 0.29) is 18.4 Å². The fourth-order valence-electron chi connectivity index (χ4n) is 3.09. The van der Waals surface area contributed by atoms with Crippen LogP contribution in [0.2, 0.25) is 5.02 Å². The topological polar surface area (TPSA) is 58.6 Å². The number of benzene rings is 2. The number of ether oxygens (including phenoxy) is 1. The summed E-state index contributed by atoms with van der Waals surface area (Å²) in [5.74, 6) is 0.164. The lowest BCUT2D eigenvalue weighted by molar-refractivity contribution is -0.142. The lowest BCUT2D eigenvalue weighted by atomic mass is 10.1. The third-order valence-corrected chi connectivity index (χ3v) is 5.56. The van der Waals surface area contributed by atoms with Crippen molar-refractivity contribution in [2.75, 3.05) is 13.2 Å². The number of hydrogen-bond donors (Lipinski definition) is 1. The fourth-order valence-corrected chi connectivity index (χ4v) is 3.20. The third-order valence-electron chi connectivity index (χ3n) is 4.96. The van der Waals surface area contributed by atoms with Crippen molar-refractivity contribution in [3.63, 3.8) is 0 Å². The van der Waals surface area contributed by atoms with Gasteiger partial charge in [0.2, 0.25) is 5.91 Å². The number of amides is 2. The SMILES string of the molecule is CCCNC(=O)[C@@H](C)N(Cc1ccc(C)cc1)C(=O)COc1cc(C)c(Cl)c(C)c1. The molecule has 0 aromatic heterocycles. The monoisotopic (exact) mass is 430 g/mol. The maximum atomic E-state index is 13.0. The number of nitrogens with one attached hydrogen (secondary N) is 1. The molecule has 0 aliphatic carbocycles. The van der Waals surface area contributed by atoms with Gasteiger partial charge < -0.3 is 15.0 Å². The zero-order chi connectivity index (χ0) is 22.3. The van der Waals surface area contributed by atoms with Crippen molar-refractivity contribution in [2.24, 2.45) is 0 Å². The van der Waals surface area contributed by atoms with Crippen molar-refractivity contribution in [3.05, 3.63) is 63.7 Å². The summed E-state index contributed by atoms with van der Waals surface area (Å²) < 4.78 is 5.75. The first kappa shape index (κ1) is 23.7. The highest BCUT2D eigenvalue weighted by Gasteiger charge is 2.26. The summed E-state index contributed by atoms with van der Waals surface area (Å²) in [6.45, 7) is 10.3. The van der Waals surface area contributed by atoms with E-state index in [0.717, 1.165) is 28.7 Å². The molecular formula is C24H31ClN2O3. The quantitative estimate of drug-likeness (QED) is 0.633. The molecule has 5 nitrogen and oxygen atoms in total. The molecule has 2 aromatic rings. The van der Waals surface area contributed by atoms with Crippen molar-refractivity contribution in [1.29, 1.82) is 0 Å². The smallest absolute Gasteiger partial charge is 0.261 e. The van der Waals surface area contributed by atoms with Crippen LogP contribution in [-0.2, 0) is 16.1 Å². The first-order valence-electron chi connectivity index (χ1n) is 10.2. The van der Waals surface area contributed by atoms with Crippen LogP contribution in [-0.4, -0.2) is 35.9 Å². The summed E-state index contributed by atoms with van der Waals surface area (Å²) in [5.41, 5.74) is 3.88. The van der Waals surface area contributed by atoms with Crippen molar-refractivity contribution in [2.45, 2.75) is 53.6 Å². The molecule has 1 atom stereocenters. The van der Waals surface area contributed by atoms with Gasteiger partial charge in [-0.1, -0.05) is 48.4 Å². The van der Waals surface area contributed by atoms with Crippen LogP contribution < -0.4 is 10.1 Å². The van der Waals surface area contributed by atoms with E-state index in [1.165, 1.54) is 0 Å². The molecule has 0 heterocycles. The average molecular weight is 431 g/mol. The van der Waals surface area contributed by atoms with Crippen molar-refractivity contribution >= 4 is 23.4 Å². The standard InChI is InChI=1S/C24H31ClN2O3/c1-6-11-26-24(29)19(5)27(14-20-9-7-16(2)8-10-20)22(28)15-30-21-12-17(3)23(25)18(4)13-21/h7-10,12-13,19H,6,11,14-15H2,1-5H3,(H,26,29)/t19-/m1/s1. The fraction of sp³-hybridized carbons (Fsp3) is 0.417. The van der Waals surface area contributed by atoms with Gasteiger partial charge in [0.15, 0.2) is 6.61 Å². The molecule has 0 saturated heterocycles. The van der Waals surface area contributed by atoms with Gasteiger partial charge >= 0.3 is 0 Å². The normalized spacial score (nSPS) is 11.7. The number of halogens is 1. The third kappa shape index (κ3) is 6.49. The molecule has 2 aromatic carbocycles. The second-order valence-electron chi connectivity index (χ2n) is 7.63. The molecule has 162 valence electrons. The van der Waals surface area contributed by atoms with E-state index < -0.39 is 6.04 Å². The lowest BCUT2D eigenvalue weighted by Gasteiger charge is -2.29. The minimum absolute atomic E-state index is 0.155. The Morgan fingerprint density at radius 2 is 1.70 bits per heavy atom. The Labute approximate surface area is 184 Å². The average Bonchev–Trinajstić information content (AvgIpc) is 2.73. The zero-order valence-electron chi connectivity index (χ0n) is 18.4. The Hall–Kier alpha value is -2.53. The van der Waals surface area contributed by atoms with Crippen LogP contribution in [0.25, 0.3) is 0 Å². The Balaban J connectivity index is 2.16. The summed E-state index contributed by atoms with van der Waals surface area (Å²) in [6, 6.07) is 10.9. The van der Waals surface area contributed by atoms with Crippen molar-refractivity contribution in [1.82, 2.24) is 10.2 Å². The molecule has 0 spiro atoms. The summed E-state index contributed by atoms with van der Waals surface area (Å²) in [5, 5.41) is 3.56. The Morgan fingerprint density at radius 3 is 2.27 bits per heavy atom. The Kier molecular flexibility index (Phi) is 8.72. The minimum Gasteiger partial charge on any atom is -0.484 e. The van der Waals surface area contributed by atoms with Gasteiger partial charge in [-0.25, -0.2) is 0 Å². The van der Waals surface area contributed by atoms with Gasteiger partial charge in [0, 0.05) is 18.1 Å². The maximum Gasteiger partial charge on any atom is 0.261 e. The van der Waals surface area contributed by atoms with E-state index in [9.17, 15) is 9.59 Å². The van der Waals surface area contributed by atoms with Crippen LogP contribution in [0, 0.1) is 20.8 Å². The zero-order valence-corrected chi connectivity index (χ0v) is 19.2. The van der Waals surface area contributed by atoms with Crippen LogP contribution in [0.5, 0.6) is 5.75 Å². The first-order chi connectivity index (χ1) is 14.2. The Bertz CT molecular complexity index is 858. The molecule has 1 N–H and O–H groups in total. The summed E-state index contributed by atoms with van der Waals surface area (Å²) in [7, 11) is 0. The van der Waals surface area contributed by atoms with Gasteiger partial charge in [-0.2, -0.15) is 0 Å². The largest absolute Gasteiger partial charge is 0.484 e. The van der Waals surface area contributed by atoms with Gasteiger partial charge in [0.05, 0.1) is 0 Å². The van der Waals surface area contributed by atoms with E-state index >= 15 is 0 Å². The first-order valence-corrected chi connectivity index (χ1v) is 10.6. The van der Waals surface area contributed by atoms with Crippen LogP contribution in [0.1, 0.15) is 42.5 Å². The highest BCUT2D eigenvalue weighted by molar-refractivity contribution is 6.32. The van der Waals surface area contributed by atoms with Gasteiger partial charge in [0.1, 0.15) is 11.8 Å². The van der Waals surface area contributed by atoms with E-state index in [2.05, 4.69) is 5.32 Å². The number of carbonyl (C=O) groups excluding carboxylic acids is 2. The second kappa shape index (κ2) is 11.0. The molecule has 0 unspecified atom stereocenters. The summed E-state index contributed by atoms with van der Waals surface area (Å²) in [4.78, 5) is 27.1. The predicted molar refractivity (Wildman–Crippen MR) is 121 cm³/mol. The maximum absolute atomic E-state index is 13.0. The van der Waals surface area contributed by atoms with Gasteiger partial charge in [-0.05, 0) is 62.9 Å². The molecule has 0 fully saturated rings. The van der Waals surface area contributed by atoms with Gasteiger partial charge in [-0.3, -0.25) is 9.59 Å².